The molecule has 4 nitrogen and oxygen atoms in total. The number of hydrogen-bond acceptors (Lipinski definition) is 2. The van der Waals surface area contributed by atoms with Gasteiger partial charge in [0.05, 0.1) is 0 Å². The first-order valence-electron chi connectivity index (χ1n) is 7.45. The van der Waals surface area contributed by atoms with E-state index in [1.165, 1.54) is 6.92 Å². The van der Waals surface area contributed by atoms with Crippen LogP contribution in [-0.2, 0) is 4.79 Å². The molecule has 2 rings (SSSR count). The highest BCUT2D eigenvalue weighted by atomic mass is 35.5. The summed E-state index contributed by atoms with van der Waals surface area (Å²) in [6, 6.07) is 14.6. The van der Waals surface area contributed by atoms with E-state index in [4.69, 9.17) is 11.6 Å². The highest BCUT2D eigenvalue weighted by molar-refractivity contribution is 6.30. The van der Waals surface area contributed by atoms with E-state index in [2.05, 4.69) is 5.32 Å². The second-order valence-electron chi connectivity index (χ2n) is 5.47. The highest BCUT2D eigenvalue weighted by Crippen LogP contribution is 2.14. The summed E-state index contributed by atoms with van der Waals surface area (Å²) in [6.45, 7) is 3.85. The highest BCUT2D eigenvalue weighted by Gasteiger charge is 2.12. The minimum absolute atomic E-state index is 0.00607. The average Bonchev–Trinajstić information content (AvgIpc) is 2.53. The van der Waals surface area contributed by atoms with Gasteiger partial charge in [0.25, 0.3) is 5.91 Å². The van der Waals surface area contributed by atoms with E-state index in [-0.39, 0.29) is 17.7 Å². The smallest absolute Gasteiger partial charge is 0.279 e. The zero-order valence-electron chi connectivity index (χ0n) is 13.2. The van der Waals surface area contributed by atoms with Crippen LogP contribution in [0.2, 0.25) is 5.02 Å². The first-order valence-corrected chi connectivity index (χ1v) is 7.83. The van der Waals surface area contributed by atoms with Crippen molar-refractivity contribution in [2.45, 2.75) is 19.9 Å². The van der Waals surface area contributed by atoms with Crippen molar-refractivity contribution in [2.24, 2.45) is 0 Å². The number of hydrogen-bond donors (Lipinski definition) is 2. The number of halogens is 1. The number of nitrogens with two attached hydrogens (primary N) is 1. The van der Waals surface area contributed by atoms with Crippen LogP contribution in [0.25, 0.3) is 0 Å². The molecule has 1 amide bonds. The third kappa shape index (κ3) is 5.20. The molecule has 5 heteroatoms. The lowest BCUT2D eigenvalue weighted by atomic mass is 10.1. The summed E-state index contributed by atoms with van der Waals surface area (Å²) in [5.74, 6) is -0.0824. The minimum Gasteiger partial charge on any atom is -0.333 e. The zero-order chi connectivity index (χ0) is 16.8. The van der Waals surface area contributed by atoms with Crippen molar-refractivity contribution in [2.75, 3.05) is 11.9 Å². The van der Waals surface area contributed by atoms with Crippen LogP contribution in [0.4, 0.5) is 5.69 Å². The summed E-state index contributed by atoms with van der Waals surface area (Å²) in [4.78, 5) is 23.2. The number of carbonyl (C=O) groups is 2. The summed E-state index contributed by atoms with van der Waals surface area (Å²) in [5, 5.41) is 5.46. The van der Waals surface area contributed by atoms with Crippen LogP contribution in [0.3, 0.4) is 0 Å². The number of anilines is 1. The number of quaternary nitrogens is 1. The number of ketones is 1. The first-order chi connectivity index (χ1) is 11.0. The Kier molecular flexibility index (Phi) is 5.90. The topological polar surface area (TPSA) is 62.8 Å². The molecule has 0 bridgehead atoms. The van der Waals surface area contributed by atoms with E-state index in [0.29, 0.717) is 22.8 Å². The molecular weight excluding hydrogens is 312 g/mol. The van der Waals surface area contributed by atoms with Crippen LogP contribution in [0.5, 0.6) is 0 Å². The molecule has 0 saturated heterocycles. The second kappa shape index (κ2) is 7.90. The predicted octanol–water partition coefficient (Wildman–Crippen LogP) is 2.81. The summed E-state index contributed by atoms with van der Waals surface area (Å²) >= 11 is 5.98. The molecule has 3 N–H and O–H groups in total. The van der Waals surface area contributed by atoms with Gasteiger partial charge in [-0.25, -0.2) is 0 Å². The SMILES string of the molecule is CC(=O)c1ccc(NC(=O)C[NH2+][C@H](C)c2cccc(Cl)c2)cc1. The molecule has 0 unspecified atom stereocenters. The van der Waals surface area contributed by atoms with Gasteiger partial charge < -0.3 is 10.6 Å². The molecule has 0 aliphatic carbocycles. The van der Waals surface area contributed by atoms with Crippen LogP contribution in [0.1, 0.15) is 35.8 Å². The van der Waals surface area contributed by atoms with Crippen molar-refractivity contribution in [1.29, 1.82) is 0 Å². The van der Waals surface area contributed by atoms with Crippen molar-refractivity contribution in [3.05, 3.63) is 64.7 Å². The number of nitrogens with one attached hydrogen (secondary N) is 1. The van der Waals surface area contributed by atoms with Crippen LogP contribution in [-0.4, -0.2) is 18.2 Å². The van der Waals surface area contributed by atoms with Gasteiger partial charge in [-0.05, 0) is 50.2 Å². The Hall–Kier alpha value is -2.17. The normalized spacial score (nSPS) is 11.8. The van der Waals surface area contributed by atoms with Gasteiger partial charge in [0, 0.05) is 21.8 Å². The molecule has 120 valence electrons. The van der Waals surface area contributed by atoms with Crippen LogP contribution in [0, 0.1) is 0 Å². The summed E-state index contributed by atoms with van der Waals surface area (Å²) < 4.78 is 0. The lowest BCUT2D eigenvalue weighted by Crippen LogP contribution is -2.86. The third-order valence-electron chi connectivity index (χ3n) is 3.61. The lowest BCUT2D eigenvalue weighted by molar-refractivity contribution is -0.682. The average molecular weight is 332 g/mol. The number of Topliss-reactive ketones (excluding diaryl/α,β-unsaturated/α-hetero) is 1. The number of rotatable bonds is 6. The molecular formula is C18H20ClN2O2+. The first kappa shape index (κ1) is 17.2. The summed E-state index contributed by atoms with van der Waals surface area (Å²) in [7, 11) is 0. The Balaban J connectivity index is 1.86. The molecule has 0 spiro atoms. The van der Waals surface area contributed by atoms with E-state index < -0.39 is 0 Å². The molecule has 0 aromatic heterocycles. The molecule has 0 fully saturated rings. The molecule has 1 atom stereocenters. The Morgan fingerprint density at radius 3 is 2.48 bits per heavy atom. The second-order valence-corrected chi connectivity index (χ2v) is 5.90. The molecule has 2 aromatic rings. The fourth-order valence-corrected chi connectivity index (χ4v) is 2.41. The fourth-order valence-electron chi connectivity index (χ4n) is 2.21. The van der Waals surface area contributed by atoms with Crippen LogP contribution >= 0.6 is 11.6 Å². The van der Waals surface area contributed by atoms with E-state index in [1.807, 2.05) is 36.5 Å². The Morgan fingerprint density at radius 2 is 1.87 bits per heavy atom. The molecule has 0 aliphatic heterocycles. The molecule has 0 radical (unpaired) electrons. The largest absolute Gasteiger partial charge is 0.333 e. The maximum atomic E-state index is 12.0. The Morgan fingerprint density at radius 1 is 1.17 bits per heavy atom. The molecule has 23 heavy (non-hydrogen) atoms. The third-order valence-corrected chi connectivity index (χ3v) is 3.84. The maximum Gasteiger partial charge on any atom is 0.279 e. The minimum atomic E-state index is -0.0885. The van der Waals surface area contributed by atoms with Gasteiger partial charge in [-0.3, -0.25) is 9.59 Å². The van der Waals surface area contributed by atoms with Crippen molar-refractivity contribution in [3.63, 3.8) is 0 Å². The molecule has 2 aromatic carbocycles. The monoisotopic (exact) mass is 331 g/mol. The molecule has 0 heterocycles. The lowest BCUT2D eigenvalue weighted by Gasteiger charge is -2.11. The number of carbonyl (C=O) groups excluding carboxylic acids is 2. The van der Waals surface area contributed by atoms with Gasteiger partial charge >= 0.3 is 0 Å². The van der Waals surface area contributed by atoms with Crippen molar-refractivity contribution < 1.29 is 14.9 Å². The molecule has 0 saturated carbocycles. The van der Waals surface area contributed by atoms with Gasteiger partial charge in [-0.15, -0.1) is 0 Å². The van der Waals surface area contributed by atoms with Gasteiger partial charge in [0.1, 0.15) is 6.04 Å². The quantitative estimate of drug-likeness (QED) is 0.799. The van der Waals surface area contributed by atoms with E-state index in [9.17, 15) is 9.59 Å². The van der Waals surface area contributed by atoms with Crippen molar-refractivity contribution in [3.8, 4) is 0 Å². The van der Waals surface area contributed by atoms with E-state index in [0.717, 1.165) is 5.56 Å². The van der Waals surface area contributed by atoms with Gasteiger partial charge in [0.2, 0.25) is 0 Å². The number of benzene rings is 2. The number of amides is 1. The van der Waals surface area contributed by atoms with Gasteiger partial charge in [-0.2, -0.15) is 0 Å². The predicted molar refractivity (Wildman–Crippen MR) is 91.7 cm³/mol. The zero-order valence-corrected chi connectivity index (χ0v) is 13.9. The Labute approximate surface area is 140 Å². The summed E-state index contributed by atoms with van der Waals surface area (Å²) in [6.07, 6.45) is 0. The Bertz CT molecular complexity index is 698. The van der Waals surface area contributed by atoms with Gasteiger partial charge in [0.15, 0.2) is 12.3 Å². The van der Waals surface area contributed by atoms with Crippen molar-refractivity contribution in [1.82, 2.24) is 0 Å². The van der Waals surface area contributed by atoms with Crippen LogP contribution < -0.4 is 10.6 Å². The van der Waals surface area contributed by atoms with Crippen molar-refractivity contribution >= 4 is 29.0 Å². The summed E-state index contributed by atoms with van der Waals surface area (Å²) in [5.41, 5.74) is 2.39. The standard InChI is InChI=1S/C18H19ClN2O2/c1-12(15-4-3-5-16(19)10-15)20-11-18(23)21-17-8-6-14(7-9-17)13(2)22/h3-10,12,20H,11H2,1-2H3,(H,21,23)/p+1/t12-/m1/s1. The maximum absolute atomic E-state index is 12.0. The van der Waals surface area contributed by atoms with E-state index in [1.54, 1.807) is 24.3 Å². The fraction of sp³-hybridized carbons (Fsp3) is 0.222. The molecule has 0 aliphatic rings. The van der Waals surface area contributed by atoms with Gasteiger partial charge in [-0.1, -0.05) is 23.7 Å². The van der Waals surface area contributed by atoms with Crippen LogP contribution in [0.15, 0.2) is 48.5 Å². The van der Waals surface area contributed by atoms with E-state index >= 15 is 0 Å².